The van der Waals surface area contributed by atoms with Gasteiger partial charge < -0.3 is 10.8 Å². The molecule has 0 bridgehead atoms. The number of nitrogen functional groups attached to an aromatic ring is 1. The molecule has 0 aliphatic heterocycles. The number of Topliss-reactive ketones (excluding diaryl/α,β-unsaturated/α-hetero) is 1. The minimum Gasteiger partial charge on any atom is -0.399 e. The summed E-state index contributed by atoms with van der Waals surface area (Å²) in [5.74, 6) is -0.328. The normalized spacial score (nSPS) is 12.1. The van der Waals surface area contributed by atoms with Crippen LogP contribution in [0.1, 0.15) is 27.6 Å². The summed E-state index contributed by atoms with van der Waals surface area (Å²) < 4.78 is 0. The van der Waals surface area contributed by atoms with E-state index in [2.05, 4.69) is 0 Å². The minimum absolute atomic E-state index is 0.328. The lowest BCUT2D eigenvalue weighted by atomic mass is 9.96. The van der Waals surface area contributed by atoms with E-state index in [1.165, 1.54) is 0 Å². The molecule has 0 saturated heterocycles. The number of ketones is 1. The van der Waals surface area contributed by atoms with Gasteiger partial charge in [0, 0.05) is 11.3 Å². The van der Waals surface area contributed by atoms with Crippen molar-refractivity contribution in [2.45, 2.75) is 13.0 Å². The van der Waals surface area contributed by atoms with Crippen molar-refractivity contribution in [3.8, 4) is 0 Å². The van der Waals surface area contributed by atoms with Crippen molar-refractivity contribution in [1.29, 1.82) is 0 Å². The van der Waals surface area contributed by atoms with Crippen LogP contribution < -0.4 is 5.73 Å². The van der Waals surface area contributed by atoms with E-state index < -0.39 is 6.10 Å². The Kier molecular flexibility index (Phi) is 3.44. The first-order valence-electron chi connectivity index (χ1n) is 5.73. The zero-order valence-electron chi connectivity index (χ0n) is 10.1. The van der Waals surface area contributed by atoms with Gasteiger partial charge in [-0.15, -0.1) is 0 Å². The molecule has 18 heavy (non-hydrogen) atoms. The zero-order valence-corrected chi connectivity index (χ0v) is 10.1. The monoisotopic (exact) mass is 241 g/mol. The van der Waals surface area contributed by atoms with Gasteiger partial charge in [0.05, 0.1) is 0 Å². The van der Waals surface area contributed by atoms with Crippen LogP contribution >= 0.6 is 0 Å². The smallest absolute Gasteiger partial charge is 0.196 e. The highest BCUT2D eigenvalue weighted by Crippen LogP contribution is 2.21. The Morgan fingerprint density at radius 3 is 2.50 bits per heavy atom. The van der Waals surface area contributed by atoms with Gasteiger partial charge in [-0.1, -0.05) is 36.4 Å². The Balaban J connectivity index is 2.34. The number of rotatable bonds is 3. The summed E-state index contributed by atoms with van der Waals surface area (Å²) in [7, 11) is 0. The van der Waals surface area contributed by atoms with Crippen LogP contribution in [0.25, 0.3) is 0 Å². The molecule has 0 saturated carbocycles. The largest absolute Gasteiger partial charge is 0.399 e. The van der Waals surface area contributed by atoms with Crippen molar-refractivity contribution >= 4 is 11.5 Å². The number of benzene rings is 2. The number of aliphatic hydroxyl groups is 1. The summed E-state index contributed by atoms with van der Waals surface area (Å²) in [6, 6.07) is 14.0. The van der Waals surface area contributed by atoms with E-state index in [1.807, 2.05) is 13.0 Å². The average molecular weight is 241 g/mol. The number of carbonyl (C=O) groups is 1. The van der Waals surface area contributed by atoms with Crippen molar-refractivity contribution < 1.29 is 9.90 Å². The second-order valence-corrected chi connectivity index (χ2v) is 4.25. The van der Waals surface area contributed by atoms with Crippen molar-refractivity contribution in [2.24, 2.45) is 0 Å². The maximum Gasteiger partial charge on any atom is 0.196 e. The molecule has 1 unspecified atom stereocenters. The predicted molar refractivity (Wildman–Crippen MR) is 71.3 cm³/mol. The highest BCUT2D eigenvalue weighted by molar-refractivity contribution is 6.01. The van der Waals surface area contributed by atoms with E-state index in [0.717, 1.165) is 5.56 Å². The molecule has 0 spiro atoms. The number of carbonyl (C=O) groups excluding carboxylic acids is 1. The number of hydrogen-bond donors (Lipinski definition) is 2. The third-order valence-electron chi connectivity index (χ3n) is 2.89. The Bertz CT molecular complexity index is 564. The van der Waals surface area contributed by atoms with Crippen LogP contribution in [0, 0.1) is 6.92 Å². The fraction of sp³-hybridized carbons (Fsp3) is 0.133. The average Bonchev–Trinajstić information content (AvgIpc) is 2.41. The molecule has 2 aromatic rings. The molecule has 0 fully saturated rings. The second-order valence-electron chi connectivity index (χ2n) is 4.25. The van der Waals surface area contributed by atoms with Gasteiger partial charge in [0.2, 0.25) is 0 Å². The topological polar surface area (TPSA) is 63.3 Å². The minimum atomic E-state index is -1.15. The van der Waals surface area contributed by atoms with Gasteiger partial charge in [-0.3, -0.25) is 4.79 Å². The summed E-state index contributed by atoms with van der Waals surface area (Å²) >= 11 is 0. The first kappa shape index (κ1) is 12.3. The fourth-order valence-electron chi connectivity index (χ4n) is 1.84. The van der Waals surface area contributed by atoms with Gasteiger partial charge in [-0.2, -0.15) is 0 Å². The molecule has 2 aromatic carbocycles. The predicted octanol–water partition coefficient (Wildman–Crippen LogP) is 2.49. The van der Waals surface area contributed by atoms with E-state index >= 15 is 0 Å². The zero-order chi connectivity index (χ0) is 13.1. The molecule has 0 radical (unpaired) electrons. The van der Waals surface area contributed by atoms with Crippen LogP contribution in [0.5, 0.6) is 0 Å². The van der Waals surface area contributed by atoms with Crippen molar-refractivity contribution in [3.63, 3.8) is 0 Å². The van der Waals surface area contributed by atoms with Crippen molar-refractivity contribution in [3.05, 3.63) is 65.2 Å². The molecule has 0 heterocycles. The van der Waals surface area contributed by atoms with Crippen LogP contribution in [0.2, 0.25) is 0 Å². The van der Waals surface area contributed by atoms with Crippen molar-refractivity contribution in [2.75, 3.05) is 5.73 Å². The molecular formula is C15H15NO2. The van der Waals surface area contributed by atoms with Crippen LogP contribution in [0.3, 0.4) is 0 Å². The molecule has 3 heteroatoms. The number of aliphatic hydroxyl groups excluding tert-OH is 1. The second kappa shape index (κ2) is 5.02. The Hall–Kier alpha value is -2.13. The van der Waals surface area contributed by atoms with Gasteiger partial charge in [-0.05, 0) is 30.2 Å². The quantitative estimate of drug-likeness (QED) is 0.641. The maximum absolute atomic E-state index is 12.2. The molecule has 3 nitrogen and oxygen atoms in total. The Morgan fingerprint density at radius 2 is 1.83 bits per heavy atom. The first-order chi connectivity index (χ1) is 8.59. The third kappa shape index (κ3) is 2.41. The first-order valence-corrected chi connectivity index (χ1v) is 5.73. The van der Waals surface area contributed by atoms with Gasteiger partial charge in [-0.25, -0.2) is 0 Å². The van der Waals surface area contributed by atoms with Crippen LogP contribution in [-0.4, -0.2) is 10.9 Å². The molecule has 0 amide bonds. The number of nitrogens with two attached hydrogens (primary N) is 1. The van der Waals surface area contributed by atoms with Gasteiger partial charge in [0.1, 0.15) is 6.10 Å². The molecule has 3 N–H and O–H groups in total. The van der Waals surface area contributed by atoms with Crippen molar-refractivity contribution in [1.82, 2.24) is 0 Å². The summed E-state index contributed by atoms with van der Waals surface area (Å²) in [6.45, 7) is 1.82. The summed E-state index contributed by atoms with van der Waals surface area (Å²) in [5, 5.41) is 10.1. The van der Waals surface area contributed by atoms with Gasteiger partial charge >= 0.3 is 0 Å². The Labute approximate surface area is 106 Å². The van der Waals surface area contributed by atoms with Gasteiger partial charge in [0.15, 0.2) is 5.78 Å². The molecule has 2 rings (SSSR count). The lowest BCUT2D eigenvalue weighted by Gasteiger charge is -2.12. The molecule has 0 aromatic heterocycles. The van der Waals surface area contributed by atoms with Crippen LogP contribution in [0.15, 0.2) is 48.5 Å². The van der Waals surface area contributed by atoms with E-state index in [9.17, 15) is 9.90 Å². The van der Waals surface area contributed by atoms with Crippen LogP contribution in [0.4, 0.5) is 5.69 Å². The highest BCUT2D eigenvalue weighted by atomic mass is 16.3. The number of anilines is 1. The van der Waals surface area contributed by atoms with E-state index in [0.29, 0.717) is 16.8 Å². The SMILES string of the molecule is Cc1ccc(N)cc1C(=O)C(O)c1ccccc1. The standard InChI is InChI=1S/C15H15NO2/c1-10-7-8-12(16)9-13(10)15(18)14(17)11-5-3-2-4-6-11/h2-9,14,17H,16H2,1H3. The third-order valence-corrected chi connectivity index (χ3v) is 2.89. The summed E-state index contributed by atoms with van der Waals surface area (Å²) in [4.78, 5) is 12.2. The van der Waals surface area contributed by atoms with E-state index in [4.69, 9.17) is 5.73 Å². The maximum atomic E-state index is 12.2. The summed E-state index contributed by atoms with van der Waals surface area (Å²) in [6.07, 6.45) is -1.15. The fourth-order valence-corrected chi connectivity index (χ4v) is 1.84. The lowest BCUT2D eigenvalue weighted by molar-refractivity contribution is 0.0747. The van der Waals surface area contributed by atoms with E-state index in [1.54, 1.807) is 42.5 Å². The molecule has 0 aliphatic carbocycles. The molecular weight excluding hydrogens is 226 g/mol. The highest BCUT2D eigenvalue weighted by Gasteiger charge is 2.20. The molecule has 1 atom stereocenters. The van der Waals surface area contributed by atoms with Crippen LogP contribution in [-0.2, 0) is 0 Å². The van der Waals surface area contributed by atoms with Gasteiger partial charge in [0.25, 0.3) is 0 Å². The van der Waals surface area contributed by atoms with E-state index in [-0.39, 0.29) is 5.78 Å². The number of hydrogen-bond acceptors (Lipinski definition) is 3. The summed E-state index contributed by atoms with van der Waals surface area (Å²) in [5.41, 5.74) is 8.05. The number of aryl methyl sites for hydroxylation is 1. The molecule has 92 valence electrons. The lowest BCUT2D eigenvalue weighted by Crippen LogP contribution is -2.13. The molecule has 0 aliphatic rings. The Morgan fingerprint density at radius 1 is 1.17 bits per heavy atom.